The summed E-state index contributed by atoms with van der Waals surface area (Å²) in [4.78, 5) is 12.9. The minimum absolute atomic E-state index is 0.144. The quantitative estimate of drug-likeness (QED) is 0.866. The molecular formula is C13H16N2O2. The lowest BCUT2D eigenvalue weighted by molar-refractivity contribution is 0.0697. The van der Waals surface area contributed by atoms with E-state index in [2.05, 4.69) is 11.0 Å². The van der Waals surface area contributed by atoms with Crippen LogP contribution in [0.25, 0.3) is 0 Å². The van der Waals surface area contributed by atoms with E-state index in [1.165, 1.54) is 12.1 Å². The topological polar surface area (TPSA) is 64.3 Å². The van der Waals surface area contributed by atoms with Crippen molar-refractivity contribution in [2.45, 2.75) is 26.8 Å². The lowest BCUT2D eigenvalue weighted by Crippen LogP contribution is -2.31. The highest BCUT2D eigenvalue weighted by atomic mass is 16.4. The third-order valence-corrected chi connectivity index (χ3v) is 2.64. The van der Waals surface area contributed by atoms with Crippen molar-refractivity contribution in [3.05, 3.63) is 29.3 Å². The van der Waals surface area contributed by atoms with Crippen molar-refractivity contribution >= 4 is 11.7 Å². The van der Waals surface area contributed by atoms with E-state index in [1.807, 2.05) is 20.8 Å². The van der Waals surface area contributed by atoms with Crippen LogP contribution < -0.4 is 4.90 Å². The highest BCUT2D eigenvalue weighted by Gasteiger charge is 2.14. The molecule has 0 heterocycles. The summed E-state index contributed by atoms with van der Waals surface area (Å²) in [5.74, 6) is -1.01. The smallest absolute Gasteiger partial charge is 0.335 e. The molecule has 0 saturated heterocycles. The lowest BCUT2D eigenvalue weighted by Gasteiger charge is -2.28. The van der Waals surface area contributed by atoms with Gasteiger partial charge in [0.25, 0.3) is 0 Å². The molecule has 0 radical (unpaired) electrons. The first-order chi connectivity index (χ1) is 8.01. The maximum absolute atomic E-state index is 10.8. The van der Waals surface area contributed by atoms with Crippen LogP contribution in [0.3, 0.4) is 0 Å². The third kappa shape index (κ3) is 2.76. The standard InChI is InChI=1S/C13H16N2O2/c1-4-15(9(2)3)12-6-5-10(13(16)17)7-11(12)8-14/h5-7,9H,4H2,1-3H3,(H,16,17). The fourth-order valence-corrected chi connectivity index (χ4v) is 1.82. The molecule has 0 atom stereocenters. The van der Waals surface area contributed by atoms with Crippen molar-refractivity contribution in [2.75, 3.05) is 11.4 Å². The maximum Gasteiger partial charge on any atom is 0.335 e. The number of nitrogens with zero attached hydrogens (tertiary/aromatic N) is 2. The van der Waals surface area contributed by atoms with Gasteiger partial charge < -0.3 is 10.0 Å². The van der Waals surface area contributed by atoms with Crippen LogP contribution in [0, 0.1) is 11.3 Å². The Bertz CT molecular complexity index is 461. The molecule has 1 N–H and O–H groups in total. The molecule has 0 aliphatic rings. The Kier molecular flexibility index (Phi) is 4.11. The van der Waals surface area contributed by atoms with Crippen molar-refractivity contribution < 1.29 is 9.90 Å². The molecule has 0 aromatic heterocycles. The number of hydrogen-bond acceptors (Lipinski definition) is 3. The molecule has 0 bridgehead atoms. The Morgan fingerprint density at radius 2 is 2.18 bits per heavy atom. The fourth-order valence-electron chi connectivity index (χ4n) is 1.82. The molecule has 90 valence electrons. The zero-order chi connectivity index (χ0) is 13.0. The zero-order valence-corrected chi connectivity index (χ0v) is 10.3. The van der Waals surface area contributed by atoms with E-state index in [-0.39, 0.29) is 11.6 Å². The average Bonchev–Trinajstić information content (AvgIpc) is 2.29. The first-order valence-electron chi connectivity index (χ1n) is 5.55. The number of hydrogen-bond donors (Lipinski definition) is 1. The van der Waals surface area contributed by atoms with E-state index >= 15 is 0 Å². The van der Waals surface area contributed by atoms with Gasteiger partial charge in [0.2, 0.25) is 0 Å². The van der Waals surface area contributed by atoms with E-state index in [9.17, 15) is 4.79 Å². The first-order valence-corrected chi connectivity index (χ1v) is 5.55. The minimum Gasteiger partial charge on any atom is -0.478 e. The van der Waals surface area contributed by atoms with Crippen molar-refractivity contribution in [2.24, 2.45) is 0 Å². The molecule has 0 saturated carbocycles. The summed E-state index contributed by atoms with van der Waals surface area (Å²) in [6.45, 7) is 6.86. The summed E-state index contributed by atoms with van der Waals surface area (Å²) in [5.41, 5.74) is 1.33. The Labute approximate surface area is 101 Å². The summed E-state index contributed by atoms with van der Waals surface area (Å²) < 4.78 is 0. The number of rotatable bonds is 4. The molecule has 1 rings (SSSR count). The van der Waals surface area contributed by atoms with Gasteiger partial charge >= 0.3 is 5.97 Å². The van der Waals surface area contributed by atoms with Gasteiger partial charge in [0.1, 0.15) is 6.07 Å². The van der Waals surface area contributed by atoms with Gasteiger partial charge in [-0.1, -0.05) is 0 Å². The van der Waals surface area contributed by atoms with Gasteiger partial charge in [-0.25, -0.2) is 4.79 Å². The Morgan fingerprint density at radius 1 is 1.53 bits per heavy atom. The molecule has 0 spiro atoms. The number of carbonyl (C=O) groups is 1. The van der Waals surface area contributed by atoms with Gasteiger partial charge in [-0.05, 0) is 39.0 Å². The van der Waals surface area contributed by atoms with E-state index in [0.717, 1.165) is 12.2 Å². The van der Waals surface area contributed by atoms with Gasteiger partial charge in [0.05, 0.1) is 16.8 Å². The zero-order valence-electron chi connectivity index (χ0n) is 10.3. The molecule has 0 aliphatic carbocycles. The molecule has 0 aliphatic heterocycles. The molecule has 0 fully saturated rings. The summed E-state index contributed by atoms with van der Waals surface area (Å²) >= 11 is 0. The summed E-state index contributed by atoms with van der Waals surface area (Å²) in [7, 11) is 0. The van der Waals surface area contributed by atoms with Gasteiger partial charge in [-0.15, -0.1) is 0 Å². The summed E-state index contributed by atoms with van der Waals surface area (Å²) in [5, 5.41) is 18.0. The molecule has 4 heteroatoms. The molecule has 4 nitrogen and oxygen atoms in total. The van der Waals surface area contributed by atoms with E-state index in [1.54, 1.807) is 6.07 Å². The lowest BCUT2D eigenvalue weighted by atomic mass is 10.1. The van der Waals surface area contributed by atoms with E-state index in [0.29, 0.717) is 5.56 Å². The third-order valence-electron chi connectivity index (χ3n) is 2.64. The van der Waals surface area contributed by atoms with E-state index < -0.39 is 5.97 Å². The highest BCUT2D eigenvalue weighted by molar-refractivity contribution is 5.89. The number of carboxylic acids is 1. The predicted octanol–water partition coefficient (Wildman–Crippen LogP) is 2.49. The highest BCUT2D eigenvalue weighted by Crippen LogP contribution is 2.23. The van der Waals surface area contributed by atoms with Crippen molar-refractivity contribution in [3.63, 3.8) is 0 Å². The Hall–Kier alpha value is -2.02. The molecule has 0 unspecified atom stereocenters. The van der Waals surface area contributed by atoms with Crippen LogP contribution >= 0.6 is 0 Å². The van der Waals surface area contributed by atoms with Crippen molar-refractivity contribution in [3.8, 4) is 6.07 Å². The monoisotopic (exact) mass is 232 g/mol. The number of carboxylic acid groups (broad SMARTS) is 1. The molecule has 1 aromatic carbocycles. The van der Waals surface area contributed by atoms with Gasteiger partial charge in [0.15, 0.2) is 0 Å². The van der Waals surface area contributed by atoms with Crippen LogP contribution in [-0.2, 0) is 0 Å². The van der Waals surface area contributed by atoms with Crippen LogP contribution in [0.2, 0.25) is 0 Å². The fraction of sp³-hybridized carbons (Fsp3) is 0.385. The minimum atomic E-state index is -1.01. The second-order valence-corrected chi connectivity index (χ2v) is 4.03. The van der Waals surface area contributed by atoms with Crippen LogP contribution in [-0.4, -0.2) is 23.7 Å². The number of aromatic carboxylic acids is 1. The first kappa shape index (κ1) is 13.0. The molecular weight excluding hydrogens is 216 g/mol. The number of nitriles is 1. The molecule has 17 heavy (non-hydrogen) atoms. The maximum atomic E-state index is 10.8. The normalized spacial score (nSPS) is 10.1. The Morgan fingerprint density at radius 3 is 2.59 bits per heavy atom. The van der Waals surface area contributed by atoms with Crippen LogP contribution in [0.4, 0.5) is 5.69 Å². The molecule has 0 amide bonds. The summed E-state index contributed by atoms with van der Waals surface area (Å²) in [6, 6.07) is 6.97. The second-order valence-electron chi connectivity index (χ2n) is 4.03. The van der Waals surface area contributed by atoms with Crippen molar-refractivity contribution in [1.29, 1.82) is 5.26 Å². The van der Waals surface area contributed by atoms with Gasteiger partial charge in [-0.3, -0.25) is 0 Å². The summed E-state index contributed by atoms with van der Waals surface area (Å²) in [6.07, 6.45) is 0. The van der Waals surface area contributed by atoms with Gasteiger partial charge in [-0.2, -0.15) is 5.26 Å². The predicted molar refractivity (Wildman–Crippen MR) is 66.3 cm³/mol. The van der Waals surface area contributed by atoms with Crippen molar-refractivity contribution in [1.82, 2.24) is 0 Å². The second kappa shape index (κ2) is 5.35. The Balaban J connectivity index is 3.26. The molecule has 1 aromatic rings. The average molecular weight is 232 g/mol. The number of anilines is 1. The van der Waals surface area contributed by atoms with Crippen LogP contribution in [0.1, 0.15) is 36.7 Å². The van der Waals surface area contributed by atoms with Gasteiger partial charge in [0, 0.05) is 12.6 Å². The van der Waals surface area contributed by atoms with Crippen LogP contribution in [0.5, 0.6) is 0 Å². The largest absolute Gasteiger partial charge is 0.478 e. The van der Waals surface area contributed by atoms with E-state index in [4.69, 9.17) is 10.4 Å². The van der Waals surface area contributed by atoms with Crippen LogP contribution in [0.15, 0.2) is 18.2 Å². The SMILES string of the molecule is CCN(c1ccc(C(=O)O)cc1C#N)C(C)C. The number of benzene rings is 1.